The molecular weight excluding hydrogens is 455 g/mol. The second-order valence-electron chi connectivity index (χ2n) is 10.7. The van der Waals surface area contributed by atoms with Gasteiger partial charge in [-0.3, -0.25) is 19.1 Å². The number of alkyl halides is 1. The molecule has 0 radical (unpaired) electrons. The lowest BCUT2D eigenvalue weighted by Gasteiger charge is -2.43. The van der Waals surface area contributed by atoms with Crippen LogP contribution in [0.4, 0.5) is 15.0 Å². The maximum atomic E-state index is 14.0. The Hall–Kier alpha value is -2.98. The molecule has 2 saturated carbocycles. The Bertz CT molecular complexity index is 976. The van der Waals surface area contributed by atoms with Gasteiger partial charge in [0.25, 0.3) is 5.91 Å². The van der Waals surface area contributed by atoms with E-state index >= 15 is 0 Å². The number of carbonyl (C=O) groups excluding carboxylic acids is 4. The zero-order valence-electron chi connectivity index (χ0n) is 20.4. The smallest absolute Gasteiger partial charge is 0.318 e. The van der Waals surface area contributed by atoms with E-state index < -0.39 is 35.4 Å². The lowest BCUT2D eigenvalue weighted by Crippen LogP contribution is -2.68. The molecule has 3 aliphatic rings. The molecule has 0 aromatic carbocycles. The van der Waals surface area contributed by atoms with E-state index in [1.54, 1.807) is 18.1 Å². The van der Waals surface area contributed by atoms with Crippen molar-refractivity contribution in [2.45, 2.75) is 82.5 Å². The second-order valence-corrected chi connectivity index (χ2v) is 10.7. The average Bonchev–Trinajstić information content (AvgIpc) is 3.54. The van der Waals surface area contributed by atoms with Crippen molar-refractivity contribution in [3.8, 4) is 0 Å². The summed E-state index contributed by atoms with van der Waals surface area (Å²) in [6.45, 7) is 3.37. The van der Waals surface area contributed by atoms with Crippen LogP contribution >= 0.6 is 0 Å². The quantitative estimate of drug-likeness (QED) is 0.481. The number of nitrogens with one attached hydrogen (secondary N) is 3. The third-order valence-corrected chi connectivity index (χ3v) is 7.61. The standard InChI is InChI=1S/C24H35FN6O4/c1-23(8-3-4-9-23)15-17(26-22(35)31-10-5-6-11-31)20(33)28-24(13-16(25)14-24)19(32)21(34)27-18-7-12-30(2)29-18/h7,12,16-17H,3-6,8-11,13-15H2,1-2H3,(H,26,35)(H,28,33)(H,27,29,34)/t16-,17-,24-/m0/s1. The highest BCUT2D eigenvalue weighted by Gasteiger charge is 2.54. The Kier molecular flexibility index (Phi) is 7.14. The molecule has 11 heteroatoms. The van der Waals surface area contributed by atoms with E-state index in [2.05, 4.69) is 28.0 Å². The van der Waals surface area contributed by atoms with Crippen LogP contribution in [0.3, 0.4) is 0 Å². The molecule has 1 atom stereocenters. The maximum Gasteiger partial charge on any atom is 0.318 e. The van der Waals surface area contributed by atoms with Gasteiger partial charge in [-0.15, -0.1) is 0 Å². The summed E-state index contributed by atoms with van der Waals surface area (Å²) in [5.74, 6) is -2.25. The van der Waals surface area contributed by atoms with Crippen LogP contribution in [0, 0.1) is 5.41 Å². The number of anilines is 1. The Morgan fingerprint density at radius 1 is 1.14 bits per heavy atom. The summed E-state index contributed by atoms with van der Waals surface area (Å²) in [7, 11) is 1.67. The molecule has 1 aromatic heterocycles. The van der Waals surface area contributed by atoms with Gasteiger partial charge in [-0.25, -0.2) is 9.18 Å². The predicted molar refractivity (Wildman–Crippen MR) is 126 cm³/mol. The number of aromatic nitrogens is 2. The van der Waals surface area contributed by atoms with Crippen LogP contribution in [-0.2, 0) is 21.4 Å². The number of likely N-dealkylation sites (tertiary alicyclic amines) is 1. The highest BCUT2D eigenvalue weighted by molar-refractivity contribution is 6.44. The molecule has 1 aromatic rings. The van der Waals surface area contributed by atoms with Crippen LogP contribution in [0.5, 0.6) is 0 Å². The first-order chi connectivity index (χ1) is 16.6. The Morgan fingerprint density at radius 2 is 1.80 bits per heavy atom. The first-order valence-electron chi connectivity index (χ1n) is 12.5. The van der Waals surface area contributed by atoms with Crippen molar-refractivity contribution in [3.05, 3.63) is 12.3 Å². The molecule has 4 rings (SSSR count). The number of nitrogens with zero attached hydrogens (tertiary/aromatic N) is 3. The molecule has 0 spiro atoms. The van der Waals surface area contributed by atoms with Crippen molar-refractivity contribution in [1.29, 1.82) is 0 Å². The minimum Gasteiger partial charge on any atom is -0.341 e. The van der Waals surface area contributed by atoms with Crippen LogP contribution in [0.1, 0.15) is 64.7 Å². The maximum absolute atomic E-state index is 14.0. The summed E-state index contributed by atoms with van der Waals surface area (Å²) in [4.78, 5) is 53.7. The summed E-state index contributed by atoms with van der Waals surface area (Å²) < 4.78 is 15.5. The van der Waals surface area contributed by atoms with Crippen molar-refractivity contribution in [2.24, 2.45) is 12.5 Å². The number of Topliss-reactive ketones (excluding diaryl/α,β-unsaturated/α-hetero) is 1. The number of hydrogen-bond donors (Lipinski definition) is 3. The van der Waals surface area contributed by atoms with E-state index in [-0.39, 0.29) is 30.1 Å². The second kappa shape index (κ2) is 9.94. The predicted octanol–water partition coefficient (Wildman–Crippen LogP) is 2.06. The molecule has 1 aliphatic heterocycles. The number of carbonyl (C=O) groups is 4. The van der Waals surface area contributed by atoms with Crippen molar-refractivity contribution in [2.75, 3.05) is 18.4 Å². The van der Waals surface area contributed by atoms with Crippen LogP contribution in [-0.4, -0.2) is 69.2 Å². The summed E-state index contributed by atoms with van der Waals surface area (Å²) in [5, 5.41) is 12.0. The van der Waals surface area contributed by atoms with Gasteiger partial charge >= 0.3 is 6.03 Å². The average molecular weight is 491 g/mol. The SMILES string of the molecule is Cn1ccc(NC(=O)C(=O)[C@]2(NC(=O)[C@H](CC3(C)CCCC3)NC(=O)N3CCCC3)C[C@H](F)C2)n1. The molecule has 4 amide bonds. The molecule has 0 unspecified atom stereocenters. The number of amides is 4. The molecule has 3 N–H and O–H groups in total. The number of urea groups is 1. The van der Waals surface area contributed by atoms with Gasteiger partial charge in [-0.1, -0.05) is 19.8 Å². The first-order valence-corrected chi connectivity index (χ1v) is 12.5. The van der Waals surface area contributed by atoms with Gasteiger partial charge in [0.05, 0.1) is 0 Å². The summed E-state index contributed by atoms with van der Waals surface area (Å²) in [5.41, 5.74) is -1.75. The molecule has 2 aliphatic carbocycles. The van der Waals surface area contributed by atoms with E-state index in [4.69, 9.17) is 0 Å². The molecule has 3 fully saturated rings. The number of halogens is 1. The highest BCUT2D eigenvalue weighted by atomic mass is 19.1. The van der Waals surface area contributed by atoms with E-state index in [1.165, 1.54) is 10.7 Å². The minimum atomic E-state index is -1.64. The zero-order valence-corrected chi connectivity index (χ0v) is 20.4. The van der Waals surface area contributed by atoms with Crippen LogP contribution in [0.25, 0.3) is 0 Å². The monoisotopic (exact) mass is 490 g/mol. The summed E-state index contributed by atoms with van der Waals surface area (Å²) >= 11 is 0. The van der Waals surface area contributed by atoms with E-state index in [9.17, 15) is 23.6 Å². The van der Waals surface area contributed by atoms with E-state index in [0.717, 1.165) is 38.5 Å². The van der Waals surface area contributed by atoms with Gasteiger partial charge in [0.15, 0.2) is 5.82 Å². The molecule has 10 nitrogen and oxygen atoms in total. The zero-order chi connectivity index (χ0) is 25.2. The van der Waals surface area contributed by atoms with E-state index in [1.807, 2.05) is 0 Å². The van der Waals surface area contributed by atoms with Crippen LogP contribution < -0.4 is 16.0 Å². The Morgan fingerprint density at radius 3 is 2.37 bits per heavy atom. The highest BCUT2D eigenvalue weighted by Crippen LogP contribution is 2.42. The van der Waals surface area contributed by atoms with Crippen molar-refractivity contribution < 1.29 is 23.6 Å². The van der Waals surface area contributed by atoms with Gasteiger partial charge in [0, 0.05) is 45.2 Å². The van der Waals surface area contributed by atoms with Gasteiger partial charge in [0.2, 0.25) is 11.7 Å². The topological polar surface area (TPSA) is 125 Å². The fourth-order valence-corrected chi connectivity index (χ4v) is 5.53. The molecule has 2 heterocycles. The fraction of sp³-hybridized carbons (Fsp3) is 0.708. The van der Waals surface area contributed by atoms with Crippen LogP contribution in [0.15, 0.2) is 12.3 Å². The van der Waals surface area contributed by atoms with Crippen LogP contribution in [0.2, 0.25) is 0 Å². The molecule has 1 saturated heterocycles. The van der Waals surface area contributed by atoms with Gasteiger partial charge in [0.1, 0.15) is 17.8 Å². The normalized spacial score (nSPS) is 26.0. The van der Waals surface area contributed by atoms with Gasteiger partial charge in [-0.2, -0.15) is 5.10 Å². The third-order valence-electron chi connectivity index (χ3n) is 7.61. The van der Waals surface area contributed by atoms with Crippen molar-refractivity contribution in [3.63, 3.8) is 0 Å². The number of aryl methyl sites for hydroxylation is 1. The lowest BCUT2D eigenvalue weighted by atomic mass is 9.71. The van der Waals surface area contributed by atoms with Crippen molar-refractivity contribution in [1.82, 2.24) is 25.3 Å². The number of ketones is 1. The van der Waals surface area contributed by atoms with Gasteiger partial charge in [-0.05, 0) is 37.5 Å². The van der Waals surface area contributed by atoms with E-state index in [0.29, 0.717) is 19.5 Å². The van der Waals surface area contributed by atoms with Crippen molar-refractivity contribution >= 4 is 29.4 Å². The number of rotatable bonds is 8. The number of hydrogen-bond acceptors (Lipinski definition) is 5. The summed E-state index contributed by atoms with van der Waals surface area (Å²) in [6, 6.07) is 0.337. The first kappa shape index (κ1) is 25.1. The van der Waals surface area contributed by atoms with Gasteiger partial charge < -0.3 is 20.9 Å². The molecule has 0 bridgehead atoms. The fourth-order valence-electron chi connectivity index (χ4n) is 5.53. The Balaban J connectivity index is 1.48. The largest absolute Gasteiger partial charge is 0.341 e. The Labute approximate surface area is 204 Å². The third kappa shape index (κ3) is 5.65. The summed E-state index contributed by atoms with van der Waals surface area (Å²) in [6.07, 6.45) is 6.01. The lowest BCUT2D eigenvalue weighted by molar-refractivity contribution is -0.146. The minimum absolute atomic E-state index is 0.115. The molecular formula is C24H35FN6O4. The molecule has 35 heavy (non-hydrogen) atoms. The molecule has 192 valence electrons.